The van der Waals surface area contributed by atoms with Gasteiger partial charge in [-0.15, -0.1) is 0 Å². The first-order valence-corrected chi connectivity index (χ1v) is 8.34. The van der Waals surface area contributed by atoms with Crippen LogP contribution in [0.15, 0.2) is 16.6 Å². The van der Waals surface area contributed by atoms with E-state index in [0.717, 1.165) is 38.5 Å². The van der Waals surface area contributed by atoms with Crippen molar-refractivity contribution in [1.29, 1.82) is 0 Å². The molecule has 0 aromatic heterocycles. The minimum absolute atomic E-state index is 0.0697. The summed E-state index contributed by atoms with van der Waals surface area (Å²) in [6.07, 6.45) is 5.67. The fourth-order valence-electron chi connectivity index (χ4n) is 3.25. The summed E-state index contributed by atoms with van der Waals surface area (Å²) < 4.78 is 34.7. The highest BCUT2D eigenvalue weighted by Gasteiger charge is 2.41. The third-order valence-electron chi connectivity index (χ3n) is 4.34. The lowest BCUT2D eigenvalue weighted by Gasteiger charge is -2.38. The molecule has 0 amide bonds. The summed E-state index contributed by atoms with van der Waals surface area (Å²) in [6, 6.07) is 1.81. The van der Waals surface area contributed by atoms with Crippen molar-refractivity contribution in [3.05, 3.63) is 33.8 Å². The molecule has 0 heterocycles. The zero-order chi connectivity index (χ0) is 15.5. The molecule has 1 unspecified atom stereocenters. The molecule has 1 saturated carbocycles. The predicted molar refractivity (Wildman–Crippen MR) is 83.0 cm³/mol. The molecule has 1 atom stereocenters. The van der Waals surface area contributed by atoms with Gasteiger partial charge in [-0.25, -0.2) is 8.78 Å². The van der Waals surface area contributed by atoms with Gasteiger partial charge in [-0.3, -0.25) is 0 Å². The van der Waals surface area contributed by atoms with E-state index in [9.17, 15) is 8.78 Å². The predicted octanol–water partition coefficient (Wildman–Crippen LogP) is 4.86. The zero-order valence-corrected chi connectivity index (χ0v) is 13.9. The highest BCUT2D eigenvalue weighted by atomic mass is 79.9. The molecule has 0 bridgehead atoms. The average Bonchev–Trinajstić information content (AvgIpc) is 2.70. The summed E-state index contributed by atoms with van der Waals surface area (Å²) in [6.45, 7) is 2.39. The van der Waals surface area contributed by atoms with Crippen molar-refractivity contribution in [3.8, 4) is 0 Å². The molecular formula is C16H22BrF2NO. The average molecular weight is 362 g/mol. The number of hydrogen-bond acceptors (Lipinski definition) is 2. The summed E-state index contributed by atoms with van der Waals surface area (Å²) >= 11 is 3.11. The Balaban J connectivity index is 2.43. The van der Waals surface area contributed by atoms with E-state index in [4.69, 9.17) is 10.5 Å². The maximum atomic E-state index is 14.4. The van der Waals surface area contributed by atoms with E-state index in [1.54, 1.807) is 0 Å². The number of rotatable bonds is 4. The maximum Gasteiger partial charge on any atom is 0.145 e. The molecule has 0 aliphatic heterocycles. The normalized spacial score (nSPS) is 20.0. The third-order valence-corrected chi connectivity index (χ3v) is 4.95. The number of nitrogens with two attached hydrogens (primary N) is 1. The van der Waals surface area contributed by atoms with Crippen LogP contribution in [-0.4, -0.2) is 12.2 Å². The van der Waals surface area contributed by atoms with Gasteiger partial charge in [-0.05, 0) is 47.8 Å². The Labute approximate surface area is 133 Å². The van der Waals surface area contributed by atoms with Gasteiger partial charge >= 0.3 is 0 Å². The fourth-order valence-corrected chi connectivity index (χ4v) is 3.60. The molecule has 1 aliphatic rings. The first-order chi connectivity index (χ1) is 10.0. The van der Waals surface area contributed by atoms with E-state index in [1.807, 2.05) is 6.92 Å². The molecule has 2 N–H and O–H groups in total. The maximum absolute atomic E-state index is 14.4. The van der Waals surface area contributed by atoms with Crippen LogP contribution in [0.25, 0.3) is 0 Å². The Kier molecular flexibility index (Phi) is 5.74. The van der Waals surface area contributed by atoms with Gasteiger partial charge in [0.15, 0.2) is 0 Å². The van der Waals surface area contributed by atoms with Crippen LogP contribution in [0, 0.1) is 11.6 Å². The molecule has 21 heavy (non-hydrogen) atoms. The van der Waals surface area contributed by atoms with Gasteiger partial charge in [0.25, 0.3) is 0 Å². The molecule has 1 aliphatic carbocycles. The summed E-state index contributed by atoms with van der Waals surface area (Å²) in [7, 11) is 0. The Bertz CT molecular complexity index is 487. The summed E-state index contributed by atoms with van der Waals surface area (Å²) in [5, 5.41) is 0. The molecule has 0 saturated heterocycles. The largest absolute Gasteiger partial charge is 0.373 e. The molecule has 0 spiro atoms. The van der Waals surface area contributed by atoms with Crippen molar-refractivity contribution in [1.82, 2.24) is 0 Å². The van der Waals surface area contributed by atoms with E-state index in [-0.39, 0.29) is 10.0 Å². The minimum Gasteiger partial charge on any atom is -0.373 e. The van der Waals surface area contributed by atoms with Crippen molar-refractivity contribution >= 4 is 15.9 Å². The van der Waals surface area contributed by atoms with E-state index in [2.05, 4.69) is 15.9 Å². The summed E-state index contributed by atoms with van der Waals surface area (Å²) in [5.41, 5.74) is 5.56. The first-order valence-electron chi connectivity index (χ1n) is 7.55. The molecule has 2 rings (SSSR count). The number of halogens is 3. The number of ether oxygens (including phenoxy) is 1. The number of hydrogen-bond donors (Lipinski definition) is 1. The summed E-state index contributed by atoms with van der Waals surface area (Å²) in [5.74, 6) is -1.22. The lowest BCUT2D eigenvalue weighted by atomic mass is 9.82. The quantitative estimate of drug-likeness (QED) is 0.614. The van der Waals surface area contributed by atoms with Crippen molar-refractivity contribution in [2.45, 2.75) is 57.1 Å². The van der Waals surface area contributed by atoms with Crippen LogP contribution < -0.4 is 5.73 Å². The Hall–Kier alpha value is -0.520. The lowest BCUT2D eigenvalue weighted by Crippen LogP contribution is -2.44. The standard InChI is InChI=1S/C16H22BrF2NO/c1-2-21-16(9-5-3-4-6-10-16)15(20)13-12(18)8-7-11(17)14(13)19/h7-8,15H,2-6,9-10,20H2,1H3. The molecule has 2 nitrogen and oxygen atoms in total. The zero-order valence-electron chi connectivity index (χ0n) is 12.3. The van der Waals surface area contributed by atoms with Crippen molar-refractivity contribution in [2.24, 2.45) is 5.73 Å². The molecule has 1 aromatic rings. The summed E-state index contributed by atoms with van der Waals surface area (Å²) in [4.78, 5) is 0. The fraction of sp³-hybridized carbons (Fsp3) is 0.625. The van der Waals surface area contributed by atoms with Gasteiger partial charge in [0.2, 0.25) is 0 Å². The Morgan fingerprint density at radius 1 is 1.24 bits per heavy atom. The van der Waals surface area contributed by atoms with E-state index in [0.29, 0.717) is 6.61 Å². The first kappa shape index (κ1) is 16.8. The molecule has 0 radical (unpaired) electrons. The van der Waals surface area contributed by atoms with Crippen LogP contribution in [0.2, 0.25) is 0 Å². The minimum atomic E-state index is -0.798. The molecule has 5 heteroatoms. The second kappa shape index (κ2) is 7.16. The van der Waals surface area contributed by atoms with Crippen LogP contribution in [0.3, 0.4) is 0 Å². The van der Waals surface area contributed by atoms with E-state index >= 15 is 0 Å². The van der Waals surface area contributed by atoms with Crippen LogP contribution in [0.4, 0.5) is 8.78 Å². The van der Waals surface area contributed by atoms with Gasteiger partial charge in [0.05, 0.1) is 16.1 Å². The number of benzene rings is 1. The van der Waals surface area contributed by atoms with Crippen molar-refractivity contribution in [3.63, 3.8) is 0 Å². The highest BCUT2D eigenvalue weighted by molar-refractivity contribution is 9.10. The molecular weight excluding hydrogens is 340 g/mol. The van der Waals surface area contributed by atoms with Crippen LogP contribution in [0.1, 0.15) is 57.1 Å². The third kappa shape index (κ3) is 3.46. The topological polar surface area (TPSA) is 35.2 Å². The van der Waals surface area contributed by atoms with Crippen molar-refractivity contribution in [2.75, 3.05) is 6.61 Å². The lowest BCUT2D eigenvalue weighted by molar-refractivity contribution is -0.0709. The van der Waals surface area contributed by atoms with Crippen molar-refractivity contribution < 1.29 is 13.5 Å². The van der Waals surface area contributed by atoms with E-state index in [1.165, 1.54) is 12.1 Å². The SMILES string of the molecule is CCOC1(C(N)c2c(F)ccc(Br)c2F)CCCCCC1. The van der Waals surface area contributed by atoms with Gasteiger partial charge in [0.1, 0.15) is 11.6 Å². The highest BCUT2D eigenvalue weighted by Crippen LogP contribution is 2.41. The molecule has 1 fully saturated rings. The second-order valence-electron chi connectivity index (χ2n) is 5.65. The van der Waals surface area contributed by atoms with Crippen LogP contribution in [0.5, 0.6) is 0 Å². The van der Waals surface area contributed by atoms with Gasteiger partial charge < -0.3 is 10.5 Å². The van der Waals surface area contributed by atoms with Gasteiger partial charge in [-0.2, -0.15) is 0 Å². The Morgan fingerprint density at radius 3 is 2.43 bits per heavy atom. The van der Waals surface area contributed by atoms with Crippen LogP contribution in [-0.2, 0) is 4.74 Å². The van der Waals surface area contributed by atoms with Gasteiger partial charge in [-0.1, -0.05) is 25.7 Å². The van der Waals surface area contributed by atoms with Crippen LogP contribution >= 0.6 is 15.9 Å². The van der Waals surface area contributed by atoms with E-state index < -0.39 is 23.3 Å². The molecule has 118 valence electrons. The Morgan fingerprint density at radius 2 is 1.86 bits per heavy atom. The second-order valence-corrected chi connectivity index (χ2v) is 6.50. The van der Waals surface area contributed by atoms with Gasteiger partial charge in [0, 0.05) is 12.2 Å². The monoisotopic (exact) mass is 361 g/mol. The smallest absolute Gasteiger partial charge is 0.145 e. The molecule has 1 aromatic carbocycles.